The van der Waals surface area contributed by atoms with Crippen molar-refractivity contribution in [1.29, 1.82) is 0 Å². The van der Waals surface area contributed by atoms with Gasteiger partial charge < -0.3 is 19.7 Å². The maximum absolute atomic E-state index is 13.8. The van der Waals surface area contributed by atoms with E-state index in [-0.39, 0.29) is 30.8 Å². The van der Waals surface area contributed by atoms with Gasteiger partial charge in [0.25, 0.3) is 0 Å². The van der Waals surface area contributed by atoms with Crippen LogP contribution >= 0.6 is 7.75 Å². The van der Waals surface area contributed by atoms with Crippen LogP contribution in [0.1, 0.15) is 47.3 Å². The molecule has 0 aliphatic carbocycles. The number of carbonyl (C=O) groups excluding carboxylic acids is 1. The molecular weight excluding hydrogens is 511 g/mol. The number of nitrogen functional groups attached to an aromatic ring is 1. The first-order valence-electron chi connectivity index (χ1n) is 12.5. The predicted octanol–water partition coefficient (Wildman–Crippen LogP) is 4.10. The monoisotopic (exact) mass is 546 g/mol. The van der Waals surface area contributed by atoms with Gasteiger partial charge in [0.1, 0.15) is 29.9 Å². The molecular formula is C25H35N6O6P. The minimum Gasteiger partial charge on any atom is -0.464 e. The largest absolute Gasteiger partial charge is 0.464 e. The second-order valence-corrected chi connectivity index (χ2v) is 12.4. The molecule has 13 heteroatoms. The summed E-state index contributed by atoms with van der Waals surface area (Å²) in [6.45, 7) is 9.63. The van der Waals surface area contributed by atoms with Gasteiger partial charge in [-0.25, -0.2) is 19.5 Å². The number of hydrogen-bond donors (Lipinski definition) is 2. The fraction of sp³-hybridized carbons (Fsp3) is 0.520. The van der Waals surface area contributed by atoms with Gasteiger partial charge in [-0.15, -0.1) is 0 Å². The minimum absolute atomic E-state index is 0.0362. The highest BCUT2D eigenvalue weighted by atomic mass is 31.2. The fourth-order valence-corrected chi connectivity index (χ4v) is 5.54. The number of anilines is 1. The quantitative estimate of drug-likeness (QED) is 0.279. The second kappa shape index (κ2) is 11.4. The van der Waals surface area contributed by atoms with E-state index in [0.717, 1.165) is 0 Å². The molecule has 0 radical (unpaired) electrons. The first kappa shape index (κ1) is 28.0. The number of nitrogens with one attached hydrogen (secondary N) is 1. The van der Waals surface area contributed by atoms with Crippen molar-refractivity contribution in [1.82, 2.24) is 24.6 Å². The summed E-state index contributed by atoms with van der Waals surface area (Å²) in [5.41, 5.74) is 6.78. The molecule has 5 atom stereocenters. The molecule has 1 aromatic carbocycles. The average Bonchev–Trinajstić information content (AvgIpc) is 3.45. The van der Waals surface area contributed by atoms with E-state index in [1.807, 2.05) is 38.3 Å². The first-order chi connectivity index (χ1) is 17.9. The van der Waals surface area contributed by atoms with Crippen molar-refractivity contribution < 1.29 is 27.9 Å². The van der Waals surface area contributed by atoms with Crippen LogP contribution in [0.5, 0.6) is 5.75 Å². The van der Waals surface area contributed by atoms with Crippen molar-refractivity contribution in [2.75, 3.05) is 18.9 Å². The molecule has 5 unspecified atom stereocenters. The topological polar surface area (TPSA) is 153 Å². The zero-order chi connectivity index (χ0) is 27.5. The number of ether oxygens (including phenoxy) is 2. The van der Waals surface area contributed by atoms with E-state index in [9.17, 15) is 9.36 Å². The molecule has 1 aliphatic heterocycles. The predicted molar refractivity (Wildman–Crippen MR) is 141 cm³/mol. The van der Waals surface area contributed by atoms with Gasteiger partial charge in [-0.05, 0) is 30.9 Å². The summed E-state index contributed by atoms with van der Waals surface area (Å²) < 4.78 is 38.8. The molecule has 3 N–H and O–H groups in total. The smallest absolute Gasteiger partial charge is 0.459 e. The summed E-state index contributed by atoms with van der Waals surface area (Å²) in [5.74, 6) is 0.143. The number of carbonyl (C=O) groups is 1. The lowest BCUT2D eigenvalue weighted by Gasteiger charge is -2.25. The lowest BCUT2D eigenvalue weighted by atomic mass is 9.99. The van der Waals surface area contributed by atoms with E-state index in [1.165, 1.54) is 6.33 Å². The molecule has 1 fully saturated rings. The molecule has 4 rings (SSSR count). The molecule has 0 amide bonds. The van der Waals surface area contributed by atoms with Crippen molar-refractivity contribution in [3.05, 3.63) is 43.0 Å². The molecule has 2 aromatic heterocycles. The Labute approximate surface area is 221 Å². The standard InChI is InChI=1S/C25H35N6O6P/c1-16-11-19(36-23(16)31-15-29-20-21(26)27-14-28-22(20)31)12-35-38(33,37-18-9-7-6-8-10-18)30-17(2)24(32)34-13-25(3,4)5/h6-10,14-17,19,23H,11-13H2,1-5H3,(H,30,33)(H2,26,27,28). The summed E-state index contributed by atoms with van der Waals surface area (Å²) in [4.78, 5) is 25.2. The van der Waals surface area contributed by atoms with Crippen molar-refractivity contribution in [3.63, 3.8) is 0 Å². The molecule has 12 nitrogen and oxygen atoms in total. The van der Waals surface area contributed by atoms with Crippen molar-refractivity contribution in [2.45, 2.75) is 59.4 Å². The van der Waals surface area contributed by atoms with E-state index in [0.29, 0.717) is 29.2 Å². The van der Waals surface area contributed by atoms with Gasteiger partial charge in [-0.2, -0.15) is 5.09 Å². The van der Waals surface area contributed by atoms with Crippen LogP contribution in [0, 0.1) is 11.3 Å². The number of rotatable bonds is 10. The Bertz CT molecular complexity index is 1300. The summed E-state index contributed by atoms with van der Waals surface area (Å²) >= 11 is 0. The van der Waals surface area contributed by atoms with E-state index < -0.39 is 25.9 Å². The molecule has 0 bridgehead atoms. The van der Waals surface area contributed by atoms with Crippen LogP contribution in [0.3, 0.4) is 0 Å². The van der Waals surface area contributed by atoms with Crippen LogP contribution in [0.2, 0.25) is 0 Å². The van der Waals surface area contributed by atoms with E-state index >= 15 is 0 Å². The number of hydrogen-bond acceptors (Lipinski definition) is 10. The highest BCUT2D eigenvalue weighted by molar-refractivity contribution is 7.52. The number of benzene rings is 1. The molecule has 3 heterocycles. The van der Waals surface area contributed by atoms with Crippen LogP contribution in [-0.2, 0) is 23.4 Å². The van der Waals surface area contributed by atoms with Crippen LogP contribution in [-0.4, -0.2) is 50.8 Å². The van der Waals surface area contributed by atoms with Crippen molar-refractivity contribution in [3.8, 4) is 5.75 Å². The van der Waals surface area contributed by atoms with Gasteiger partial charge in [0.15, 0.2) is 11.5 Å². The van der Waals surface area contributed by atoms with E-state index in [1.54, 1.807) is 37.5 Å². The molecule has 1 aliphatic rings. The number of fused-ring (bicyclic) bond motifs is 1. The molecule has 3 aromatic rings. The second-order valence-electron chi connectivity index (χ2n) is 10.7. The van der Waals surface area contributed by atoms with Crippen LogP contribution < -0.4 is 15.3 Å². The summed E-state index contributed by atoms with van der Waals surface area (Å²) in [6.07, 6.45) is 2.85. The van der Waals surface area contributed by atoms with Gasteiger partial charge in [0, 0.05) is 5.92 Å². The summed E-state index contributed by atoms with van der Waals surface area (Å²) in [6, 6.07) is 7.68. The third kappa shape index (κ3) is 6.87. The first-order valence-corrected chi connectivity index (χ1v) is 14.0. The lowest BCUT2D eigenvalue weighted by molar-refractivity contribution is -0.148. The average molecular weight is 547 g/mol. The Balaban J connectivity index is 1.44. The summed E-state index contributed by atoms with van der Waals surface area (Å²) in [7, 11) is -4.00. The molecule has 206 valence electrons. The summed E-state index contributed by atoms with van der Waals surface area (Å²) in [5, 5.41) is 2.72. The molecule has 1 saturated heterocycles. The zero-order valence-electron chi connectivity index (χ0n) is 22.2. The highest BCUT2D eigenvalue weighted by Gasteiger charge is 2.38. The Morgan fingerprint density at radius 1 is 1.26 bits per heavy atom. The zero-order valence-corrected chi connectivity index (χ0v) is 23.1. The molecule has 0 spiro atoms. The molecule has 0 saturated carbocycles. The maximum atomic E-state index is 13.8. The van der Waals surface area contributed by atoms with Crippen LogP contribution in [0.25, 0.3) is 11.2 Å². The van der Waals surface area contributed by atoms with Gasteiger partial charge in [0.05, 0.1) is 25.6 Å². The van der Waals surface area contributed by atoms with Crippen LogP contribution in [0.4, 0.5) is 5.82 Å². The van der Waals surface area contributed by atoms with Gasteiger partial charge >= 0.3 is 13.7 Å². The number of aromatic nitrogens is 4. The fourth-order valence-electron chi connectivity index (χ4n) is 4.02. The number of nitrogens with zero attached hydrogens (tertiary/aromatic N) is 4. The number of para-hydroxylation sites is 1. The van der Waals surface area contributed by atoms with Gasteiger partial charge in [0.2, 0.25) is 0 Å². The Morgan fingerprint density at radius 2 is 2.00 bits per heavy atom. The Kier molecular flexibility index (Phi) is 8.37. The van der Waals surface area contributed by atoms with Crippen LogP contribution in [0.15, 0.2) is 43.0 Å². The molecule has 38 heavy (non-hydrogen) atoms. The third-order valence-electron chi connectivity index (χ3n) is 5.87. The SMILES string of the molecule is CC(NP(=O)(OCC1CC(C)C(n2cnc3c(N)ncnc32)O1)Oc1ccccc1)C(=O)OCC(C)(C)C. The Morgan fingerprint density at radius 3 is 2.71 bits per heavy atom. The highest BCUT2D eigenvalue weighted by Crippen LogP contribution is 2.46. The Hall–Kier alpha value is -3.05. The lowest BCUT2D eigenvalue weighted by Crippen LogP contribution is -2.37. The van der Waals surface area contributed by atoms with Gasteiger partial charge in [-0.3, -0.25) is 13.9 Å². The van der Waals surface area contributed by atoms with E-state index in [2.05, 4.69) is 20.0 Å². The number of imidazole rings is 1. The minimum atomic E-state index is -4.00. The van der Waals surface area contributed by atoms with E-state index in [4.69, 9.17) is 24.3 Å². The third-order valence-corrected chi connectivity index (χ3v) is 7.51. The maximum Gasteiger partial charge on any atom is 0.459 e. The van der Waals surface area contributed by atoms with Crippen molar-refractivity contribution in [2.24, 2.45) is 11.3 Å². The van der Waals surface area contributed by atoms with Crippen molar-refractivity contribution >= 4 is 30.7 Å². The normalized spacial score (nSPS) is 22.2. The van der Waals surface area contributed by atoms with Gasteiger partial charge in [-0.1, -0.05) is 45.9 Å². The number of esters is 1. The number of nitrogens with two attached hydrogens (primary N) is 1.